The predicted molar refractivity (Wildman–Crippen MR) is 77.8 cm³/mol. The minimum Gasteiger partial charge on any atom is -0.495 e. The van der Waals surface area contributed by atoms with E-state index in [0.29, 0.717) is 0 Å². The molecule has 0 unspecified atom stereocenters. The van der Waals surface area contributed by atoms with Gasteiger partial charge >= 0.3 is 19.1 Å². The SMILES string of the molecule is CCC\C=C/C=C\C=C\B1OC(=O)CN(C)CC(=O)O1. The van der Waals surface area contributed by atoms with Crippen molar-refractivity contribution in [3.8, 4) is 0 Å². The molecule has 0 aromatic carbocycles. The van der Waals surface area contributed by atoms with E-state index in [2.05, 4.69) is 13.0 Å². The van der Waals surface area contributed by atoms with Gasteiger partial charge in [0.2, 0.25) is 0 Å². The smallest absolute Gasteiger partial charge is 0.495 e. The number of allylic oxidation sites excluding steroid dienone is 5. The lowest BCUT2D eigenvalue weighted by Gasteiger charge is -2.20. The second kappa shape index (κ2) is 9.15. The van der Waals surface area contributed by atoms with E-state index in [1.54, 1.807) is 24.1 Å². The Labute approximate surface area is 120 Å². The first-order valence-corrected chi connectivity index (χ1v) is 6.69. The van der Waals surface area contributed by atoms with Gasteiger partial charge in [0.15, 0.2) is 0 Å². The molecule has 0 radical (unpaired) electrons. The Morgan fingerprint density at radius 1 is 1.10 bits per heavy atom. The van der Waals surface area contributed by atoms with Gasteiger partial charge < -0.3 is 9.31 Å². The first kappa shape index (κ1) is 16.2. The normalized spacial score (nSPS) is 18.6. The maximum Gasteiger partial charge on any atom is 0.628 e. The topological polar surface area (TPSA) is 55.8 Å². The molecular weight excluding hydrogens is 257 g/mol. The molecule has 0 aromatic rings. The van der Waals surface area contributed by atoms with Crippen LogP contribution in [0.25, 0.3) is 0 Å². The molecule has 0 atom stereocenters. The molecule has 0 bridgehead atoms. The summed E-state index contributed by atoms with van der Waals surface area (Å²) in [7, 11) is 0.706. The van der Waals surface area contributed by atoms with Crippen molar-refractivity contribution in [2.45, 2.75) is 19.8 Å². The van der Waals surface area contributed by atoms with Crippen molar-refractivity contribution in [3.05, 3.63) is 36.4 Å². The van der Waals surface area contributed by atoms with E-state index < -0.39 is 19.1 Å². The molecule has 20 heavy (non-hydrogen) atoms. The summed E-state index contributed by atoms with van der Waals surface area (Å²) in [4.78, 5) is 24.4. The summed E-state index contributed by atoms with van der Waals surface area (Å²) in [5.41, 5.74) is 0. The quantitative estimate of drug-likeness (QED) is 0.563. The Kier molecular flexibility index (Phi) is 7.43. The maximum absolute atomic E-state index is 11.5. The summed E-state index contributed by atoms with van der Waals surface area (Å²) in [5.74, 6) is 0.702. The van der Waals surface area contributed by atoms with Crippen LogP contribution in [0.2, 0.25) is 0 Å². The van der Waals surface area contributed by atoms with Crippen LogP contribution in [-0.2, 0) is 18.9 Å². The molecule has 0 aliphatic carbocycles. The fourth-order valence-corrected chi connectivity index (χ4v) is 1.56. The van der Waals surface area contributed by atoms with Gasteiger partial charge in [0.25, 0.3) is 0 Å². The molecule has 1 saturated heterocycles. The number of rotatable bonds is 5. The Bertz CT molecular complexity index is 397. The minimum atomic E-state index is -0.951. The van der Waals surface area contributed by atoms with E-state index in [9.17, 15) is 9.59 Å². The third kappa shape index (κ3) is 6.94. The van der Waals surface area contributed by atoms with E-state index in [1.165, 1.54) is 5.98 Å². The molecule has 1 heterocycles. The Morgan fingerprint density at radius 3 is 2.30 bits per heavy atom. The van der Waals surface area contributed by atoms with Crippen molar-refractivity contribution in [1.82, 2.24) is 4.90 Å². The molecule has 108 valence electrons. The van der Waals surface area contributed by atoms with Crippen LogP contribution in [0.1, 0.15) is 19.8 Å². The van der Waals surface area contributed by atoms with Gasteiger partial charge in [0, 0.05) is 0 Å². The lowest BCUT2D eigenvalue weighted by atomic mass is 9.89. The highest BCUT2D eigenvalue weighted by Crippen LogP contribution is 2.01. The fourth-order valence-electron chi connectivity index (χ4n) is 1.56. The molecule has 0 saturated carbocycles. The van der Waals surface area contributed by atoms with Gasteiger partial charge in [-0.25, -0.2) is 0 Å². The monoisotopic (exact) mass is 277 g/mol. The Hall–Kier alpha value is -1.82. The number of unbranched alkanes of at least 4 members (excludes halogenated alkanes) is 1. The van der Waals surface area contributed by atoms with Gasteiger partial charge in [0.05, 0.1) is 13.1 Å². The zero-order chi connectivity index (χ0) is 14.8. The van der Waals surface area contributed by atoms with Crippen molar-refractivity contribution in [1.29, 1.82) is 0 Å². The Morgan fingerprint density at radius 2 is 1.70 bits per heavy atom. The van der Waals surface area contributed by atoms with Gasteiger partial charge in [0.1, 0.15) is 0 Å². The maximum atomic E-state index is 11.5. The van der Waals surface area contributed by atoms with Crippen molar-refractivity contribution < 1.29 is 18.9 Å². The highest BCUT2D eigenvalue weighted by Gasteiger charge is 2.28. The number of carbonyl (C=O) groups is 2. The van der Waals surface area contributed by atoms with Crippen LogP contribution in [0.3, 0.4) is 0 Å². The van der Waals surface area contributed by atoms with Crippen molar-refractivity contribution >= 4 is 19.1 Å². The van der Waals surface area contributed by atoms with Crippen LogP contribution in [0.4, 0.5) is 0 Å². The largest absolute Gasteiger partial charge is 0.628 e. The molecule has 0 N–H and O–H groups in total. The van der Waals surface area contributed by atoms with Crippen molar-refractivity contribution in [3.63, 3.8) is 0 Å². The van der Waals surface area contributed by atoms with E-state index in [-0.39, 0.29) is 13.1 Å². The first-order chi connectivity index (χ1) is 9.61. The van der Waals surface area contributed by atoms with Crippen LogP contribution in [0, 0.1) is 0 Å². The molecular formula is C14H20BNO4. The summed E-state index contributed by atoms with van der Waals surface area (Å²) < 4.78 is 10.0. The minimum absolute atomic E-state index is 0.0784. The third-order valence-corrected chi connectivity index (χ3v) is 2.49. The average molecular weight is 277 g/mol. The van der Waals surface area contributed by atoms with Crippen LogP contribution in [0.5, 0.6) is 0 Å². The molecule has 6 heteroatoms. The number of likely N-dealkylation sites (N-methyl/N-ethyl adjacent to an activating group) is 1. The zero-order valence-corrected chi connectivity index (χ0v) is 12.0. The van der Waals surface area contributed by atoms with Crippen LogP contribution >= 0.6 is 0 Å². The number of nitrogens with zero attached hydrogens (tertiary/aromatic N) is 1. The predicted octanol–water partition coefficient (Wildman–Crippen LogP) is 1.51. The lowest BCUT2D eigenvalue weighted by molar-refractivity contribution is -0.145. The summed E-state index contributed by atoms with van der Waals surface area (Å²) in [6.07, 6.45) is 11.5. The summed E-state index contributed by atoms with van der Waals surface area (Å²) in [5, 5.41) is 0. The van der Waals surface area contributed by atoms with Crippen LogP contribution in [-0.4, -0.2) is 44.1 Å². The van der Waals surface area contributed by atoms with Crippen molar-refractivity contribution in [2.75, 3.05) is 20.1 Å². The van der Waals surface area contributed by atoms with Crippen LogP contribution < -0.4 is 0 Å². The molecule has 1 aliphatic rings. The van der Waals surface area contributed by atoms with Gasteiger partial charge in [-0.1, -0.05) is 43.7 Å². The lowest BCUT2D eigenvalue weighted by Crippen LogP contribution is -2.41. The first-order valence-electron chi connectivity index (χ1n) is 6.69. The van der Waals surface area contributed by atoms with E-state index in [1.807, 2.05) is 12.2 Å². The summed E-state index contributed by atoms with van der Waals surface area (Å²) >= 11 is 0. The zero-order valence-electron chi connectivity index (χ0n) is 12.0. The van der Waals surface area contributed by atoms with Crippen molar-refractivity contribution in [2.24, 2.45) is 0 Å². The molecule has 0 aromatic heterocycles. The molecule has 0 amide bonds. The summed E-state index contributed by atoms with van der Waals surface area (Å²) in [6.45, 7) is 2.27. The average Bonchev–Trinajstić information content (AvgIpc) is 2.35. The highest BCUT2D eigenvalue weighted by atomic mass is 16.6. The van der Waals surface area contributed by atoms with Gasteiger partial charge in [-0.15, -0.1) is 0 Å². The number of hydrogen-bond acceptors (Lipinski definition) is 5. The molecule has 1 aliphatic heterocycles. The second-order valence-electron chi connectivity index (χ2n) is 4.51. The molecule has 0 spiro atoms. The number of carbonyl (C=O) groups excluding carboxylic acids is 2. The van der Waals surface area contributed by atoms with Gasteiger partial charge in [-0.05, 0) is 19.4 Å². The van der Waals surface area contributed by atoms with Gasteiger partial charge in [-0.2, -0.15) is 0 Å². The van der Waals surface area contributed by atoms with E-state index >= 15 is 0 Å². The highest BCUT2D eigenvalue weighted by molar-refractivity contribution is 6.54. The van der Waals surface area contributed by atoms with Crippen LogP contribution in [0.15, 0.2) is 36.4 Å². The molecule has 1 rings (SSSR count). The van der Waals surface area contributed by atoms with E-state index in [4.69, 9.17) is 9.31 Å². The van der Waals surface area contributed by atoms with Gasteiger partial charge in [-0.3, -0.25) is 14.5 Å². The summed E-state index contributed by atoms with van der Waals surface area (Å²) in [6, 6.07) is 0. The standard InChI is InChI=1S/C14H20BNO4/c1-3-4-5-6-7-8-9-10-15-19-13(17)11-16(2)12-14(18)20-15/h5-10H,3-4,11-12H2,1-2H3/b6-5-,8-7-,10-9+. The second-order valence-corrected chi connectivity index (χ2v) is 4.51. The van der Waals surface area contributed by atoms with E-state index in [0.717, 1.165) is 12.8 Å². The fraction of sp³-hybridized carbons (Fsp3) is 0.429. The third-order valence-electron chi connectivity index (χ3n) is 2.49. The Balaban J connectivity index is 2.48. The molecule has 1 fully saturated rings. The molecule has 5 nitrogen and oxygen atoms in total. The number of hydrogen-bond donors (Lipinski definition) is 0.